The highest BCUT2D eigenvalue weighted by Gasteiger charge is 2.25. The Morgan fingerprint density at radius 3 is 2.67 bits per heavy atom. The Morgan fingerprint density at radius 2 is 1.97 bits per heavy atom. The average Bonchev–Trinajstić information content (AvgIpc) is 3.18. The molecule has 7 nitrogen and oxygen atoms in total. The molecule has 0 radical (unpaired) electrons. The second-order valence-electron chi connectivity index (χ2n) is 7.40. The van der Waals surface area contributed by atoms with Crippen molar-refractivity contribution in [3.05, 3.63) is 71.9 Å². The number of benzene rings is 2. The topological polar surface area (TPSA) is 97.2 Å². The number of likely N-dealkylation sites (tertiary alicyclic amines) is 1. The fourth-order valence-electron chi connectivity index (χ4n) is 3.69. The number of nitrogen functional groups attached to an aromatic ring is 1. The van der Waals surface area contributed by atoms with Gasteiger partial charge in [0.25, 0.3) is 5.91 Å². The average molecular weight is 401 g/mol. The molecule has 1 aliphatic rings. The first-order valence-electron chi connectivity index (χ1n) is 9.97. The van der Waals surface area contributed by atoms with Gasteiger partial charge in [0.2, 0.25) is 0 Å². The zero-order valence-corrected chi connectivity index (χ0v) is 16.6. The number of carbonyl (C=O) groups excluding carboxylic acids is 1. The van der Waals surface area contributed by atoms with Crippen LogP contribution < -0.4 is 10.5 Å². The summed E-state index contributed by atoms with van der Waals surface area (Å²) >= 11 is 0. The summed E-state index contributed by atoms with van der Waals surface area (Å²) in [6.45, 7) is 2.04. The Hall–Kier alpha value is -3.79. The minimum absolute atomic E-state index is 0.0112. The van der Waals surface area contributed by atoms with Crippen molar-refractivity contribution in [3.8, 4) is 17.5 Å². The smallest absolute Gasteiger partial charge is 0.253 e. The Labute approximate surface area is 175 Å². The lowest BCUT2D eigenvalue weighted by molar-refractivity contribution is 0.0633. The summed E-state index contributed by atoms with van der Waals surface area (Å²) in [5, 5.41) is 13.2. The zero-order chi connectivity index (χ0) is 20.9. The molecule has 1 aromatic heterocycles. The Kier molecular flexibility index (Phi) is 5.66. The van der Waals surface area contributed by atoms with E-state index in [9.17, 15) is 4.79 Å². The standard InChI is InChI=1S/C23H23N5O2/c24-13-19-14-26-28(22(19)25)20-10-8-18(9-11-20)23(29)27-12-4-5-17(15-27)16-30-21-6-2-1-3-7-21/h1-3,6-11,14,17H,4-5,12,15-16,25H2. The van der Waals surface area contributed by atoms with Gasteiger partial charge in [0, 0.05) is 24.6 Å². The first-order valence-corrected chi connectivity index (χ1v) is 9.97. The van der Waals surface area contributed by atoms with Gasteiger partial charge < -0.3 is 15.4 Å². The normalized spacial score (nSPS) is 16.1. The SMILES string of the molecule is N#Cc1cnn(-c2ccc(C(=O)N3CCCC(COc4ccccc4)C3)cc2)c1N. The number of piperidine rings is 1. The van der Waals surface area contributed by atoms with Crippen molar-refractivity contribution in [2.24, 2.45) is 5.92 Å². The second kappa shape index (κ2) is 8.70. The van der Waals surface area contributed by atoms with E-state index in [0.717, 1.165) is 25.1 Å². The summed E-state index contributed by atoms with van der Waals surface area (Å²) in [7, 11) is 0. The molecule has 0 saturated carbocycles. The first kappa shape index (κ1) is 19.5. The van der Waals surface area contributed by atoms with Crippen LogP contribution in [0.15, 0.2) is 60.8 Å². The molecule has 1 aliphatic heterocycles. The maximum atomic E-state index is 13.0. The van der Waals surface area contributed by atoms with Crippen molar-refractivity contribution >= 4 is 11.7 Å². The van der Waals surface area contributed by atoms with Crippen LogP contribution in [0, 0.1) is 17.2 Å². The Morgan fingerprint density at radius 1 is 1.20 bits per heavy atom. The number of nitrogens with zero attached hydrogens (tertiary/aromatic N) is 4. The van der Waals surface area contributed by atoms with Crippen LogP contribution in [0.2, 0.25) is 0 Å². The van der Waals surface area contributed by atoms with E-state index in [1.54, 1.807) is 24.3 Å². The van der Waals surface area contributed by atoms with Gasteiger partial charge in [-0.3, -0.25) is 4.79 Å². The monoisotopic (exact) mass is 401 g/mol. The molecule has 1 unspecified atom stereocenters. The summed E-state index contributed by atoms with van der Waals surface area (Å²) in [5.74, 6) is 1.47. The molecule has 2 heterocycles. The molecule has 1 saturated heterocycles. The minimum Gasteiger partial charge on any atom is -0.493 e. The molecule has 0 aliphatic carbocycles. The largest absolute Gasteiger partial charge is 0.493 e. The summed E-state index contributed by atoms with van der Waals surface area (Å²) in [6.07, 6.45) is 3.45. The van der Waals surface area contributed by atoms with E-state index < -0.39 is 0 Å². The number of aromatic nitrogens is 2. The zero-order valence-electron chi connectivity index (χ0n) is 16.6. The van der Waals surface area contributed by atoms with Crippen molar-refractivity contribution in [1.29, 1.82) is 5.26 Å². The van der Waals surface area contributed by atoms with E-state index in [-0.39, 0.29) is 11.7 Å². The third-order valence-electron chi connectivity index (χ3n) is 5.32. The fourth-order valence-corrected chi connectivity index (χ4v) is 3.69. The molecule has 0 bridgehead atoms. The Balaban J connectivity index is 1.39. The molecule has 152 valence electrons. The molecule has 30 heavy (non-hydrogen) atoms. The lowest BCUT2D eigenvalue weighted by Crippen LogP contribution is -2.41. The summed E-state index contributed by atoms with van der Waals surface area (Å²) in [6, 6.07) is 18.9. The highest BCUT2D eigenvalue weighted by molar-refractivity contribution is 5.94. The number of rotatable bonds is 5. The molecule has 0 spiro atoms. The third-order valence-corrected chi connectivity index (χ3v) is 5.32. The van der Waals surface area contributed by atoms with E-state index in [0.29, 0.717) is 35.9 Å². The lowest BCUT2D eigenvalue weighted by atomic mass is 9.98. The van der Waals surface area contributed by atoms with Gasteiger partial charge in [0.05, 0.1) is 18.5 Å². The van der Waals surface area contributed by atoms with Gasteiger partial charge >= 0.3 is 0 Å². The van der Waals surface area contributed by atoms with E-state index in [2.05, 4.69) is 5.10 Å². The summed E-state index contributed by atoms with van der Waals surface area (Å²) in [5.41, 5.74) is 7.59. The number of para-hydroxylation sites is 1. The third kappa shape index (κ3) is 4.13. The van der Waals surface area contributed by atoms with Crippen molar-refractivity contribution in [3.63, 3.8) is 0 Å². The first-order chi connectivity index (χ1) is 14.7. The number of ether oxygens (including phenoxy) is 1. The van der Waals surface area contributed by atoms with Crippen LogP contribution in [0.25, 0.3) is 5.69 Å². The molecule has 1 fully saturated rings. The predicted octanol–water partition coefficient (Wildman–Crippen LogP) is 3.26. The fraction of sp³-hybridized carbons (Fsp3) is 0.261. The van der Waals surface area contributed by atoms with Crippen molar-refractivity contribution in [1.82, 2.24) is 14.7 Å². The molecule has 2 aromatic carbocycles. The highest BCUT2D eigenvalue weighted by atomic mass is 16.5. The van der Waals surface area contributed by atoms with Crippen LogP contribution in [0.4, 0.5) is 5.82 Å². The molecule has 1 amide bonds. The van der Waals surface area contributed by atoms with Gasteiger partial charge in [-0.05, 0) is 49.2 Å². The van der Waals surface area contributed by atoms with E-state index in [1.807, 2.05) is 41.3 Å². The molecule has 1 atom stereocenters. The van der Waals surface area contributed by atoms with Gasteiger partial charge in [-0.25, -0.2) is 4.68 Å². The second-order valence-corrected chi connectivity index (χ2v) is 7.40. The number of hydrogen-bond acceptors (Lipinski definition) is 5. The van der Waals surface area contributed by atoms with Crippen LogP contribution in [0.5, 0.6) is 5.75 Å². The molecule has 2 N–H and O–H groups in total. The van der Waals surface area contributed by atoms with Crippen molar-refractivity contribution < 1.29 is 9.53 Å². The van der Waals surface area contributed by atoms with Crippen LogP contribution in [-0.4, -0.2) is 40.3 Å². The summed E-state index contributed by atoms with van der Waals surface area (Å²) in [4.78, 5) is 14.9. The van der Waals surface area contributed by atoms with Gasteiger partial charge in [0.15, 0.2) is 0 Å². The molecule has 4 rings (SSSR count). The number of hydrogen-bond donors (Lipinski definition) is 1. The van der Waals surface area contributed by atoms with Gasteiger partial charge in [-0.1, -0.05) is 18.2 Å². The number of nitrogens with two attached hydrogens (primary N) is 1. The summed E-state index contributed by atoms with van der Waals surface area (Å²) < 4.78 is 7.37. The van der Waals surface area contributed by atoms with Crippen LogP contribution >= 0.6 is 0 Å². The number of nitriles is 1. The van der Waals surface area contributed by atoms with Crippen LogP contribution in [0.3, 0.4) is 0 Å². The molecule has 7 heteroatoms. The number of carbonyl (C=O) groups is 1. The van der Waals surface area contributed by atoms with Crippen molar-refractivity contribution in [2.75, 3.05) is 25.4 Å². The van der Waals surface area contributed by atoms with E-state index in [1.165, 1.54) is 10.9 Å². The number of anilines is 1. The Bertz CT molecular complexity index is 1050. The molecular formula is C23H23N5O2. The quantitative estimate of drug-likeness (QED) is 0.708. The van der Waals surface area contributed by atoms with E-state index in [4.69, 9.17) is 15.7 Å². The molecular weight excluding hydrogens is 378 g/mol. The van der Waals surface area contributed by atoms with Crippen molar-refractivity contribution in [2.45, 2.75) is 12.8 Å². The lowest BCUT2D eigenvalue weighted by Gasteiger charge is -2.32. The molecule has 3 aromatic rings. The predicted molar refractivity (Wildman–Crippen MR) is 113 cm³/mol. The van der Waals surface area contributed by atoms with Crippen LogP contribution in [-0.2, 0) is 0 Å². The maximum absolute atomic E-state index is 13.0. The van der Waals surface area contributed by atoms with Gasteiger partial charge in [0.1, 0.15) is 23.2 Å². The van der Waals surface area contributed by atoms with E-state index >= 15 is 0 Å². The van der Waals surface area contributed by atoms with Gasteiger partial charge in [-0.2, -0.15) is 10.4 Å². The minimum atomic E-state index is 0.0112. The number of amides is 1. The van der Waals surface area contributed by atoms with Crippen LogP contribution in [0.1, 0.15) is 28.8 Å². The maximum Gasteiger partial charge on any atom is 0.253 e. The van der Waals surface area contributed by atoms with Gasteiger partial charge in [-0.15, -0.1) is 0 Å². The highest BCUT2D eigenvalue weighted by Crippen LogP contribution is 2.22.